The highest BCUT2D eigenvalue weighted by Gasteiger charge is 2.55. The number of esters is 1. The van der Waals surface area contributed by atoms with Gasteiger partial charge in [0.1, 0.15) is 11.9 Å². The van der Waals surface area contributed by atoms with Crippen LogP contribution in [0.5, 0.6) is 0 Å². The van der Waals surface area contributed by atoms with Crippen LogP contribution in [0.15, 0.2) is 12.2 Å². The number of Topliss-reactive ketones (excluding diaryl/α,β-unsaturated/α-hetero) is 1. The standard InChI is InChI=1S/C30H50O5Si/c1-8-20-10-9-11-27(31)18(2)29(33)26-16-24-22(25(26)17-28(32)34-20)13-12-19-14-21(15-23(19)24)35-36(6,7)30(3,4)5/h12-13,18-27,31H,8-11,14-17H2,1-7H3/t18-,19+,20+,21+,22+,23+,24+,25-,26+,27-/m0/s1. The number of carbonyl (C=O) groups is 2. The largest absolute Gasteiger partial charge is 0.462 e. The fraction of sp³-hybridized carbons (Fsp3) is 0.867. The van der Waals surface area contributed by atoms with E-state index in [1.807, 2.05) is 13.8 Å². The molecule has 10 atom stereocenters. The van der Waals surface area contributed by atoms with Gasteiger partial charge in [-0.15, -0.1) is 0 Å². The van der Waals surface area contributed by atoms with Gasteiger partial charge in [0.15, 0.2) is 8.32 Å². The first kappa shape index (κ1) is 28.0. The lowest BCUT2D eigenvalue weighted by Gasteiger charge is -2.38. The van der Waals surface area contributed by atoms with E-state index in [2.05, 4.69) is 46.0 Å². The molecule has 0 aromatic heterocycles. The maximum atomic E-state index is 13.7. The first-order valence-corrected chi connectivity index (χ1v) is 17.5. The molecule has 0 bridgehead atoms. The number of allylic oxidation sites excluding steroid dienone is 2. The van der Waals surface area contributed by atoms with Gasteiger partial charge >= 0.3 is 5.97 Å². The lowest BCUT2D eigenvalue weighted by molar-refractivity contribution is -0.152. The molecule has 4 rings (SSSR count). The van der Waals surface area contributed by atoms with Gasteiger partial charge in [0, 0.05) is 24.4 Å². The number of fused-ring (bicyclic) bond motifs is 5. The fourth-order valence-corrected chi connectivity index (χ4v) is 8.77. The molecule has 0 aromatic carbocycles. The van der Waals surface area contributed by atoms with Crippen LogP contribution < -0.4 is 0 Å². The molecule has 3 aliphatic carbocycles. The summed E-state index contributed by atoms with van der Waals surface area (Å²) < 4.78 is 12.7. The second-order valence-electron chi connectivity index (χ2n) is 13.8. The Hall–Kier alpha value is -0.983. The molecule has 2 saturated carbocycles. The Morgan fingerprint density at radius 3 is 2.44 bits per heavy atom. The van der Waals surface area contributed by atoms with Crippen molar-refractivity contribution in [3.63, 3.8) is 0 Å². The molecular weight excluding hydrogens is 468 g/mol. The van der Waals surface area contributed by atoms with Crippen LogP contribution in [0, 0.1) is 41.4 Å². The Morgan fingerprint density at radius 1 is 1.06 bits per heavy atom. The van der Waals surface area contributed by atoms with E-state index in [9.17, 15) is 14.7 Å². The van der Waals surface area contributed by atoms with Crippen molar-refractivity contribution in [3.8, 4) is 0 Å². The molecule has 1 heterocycles. The zero-order chi connectivity index (χ0) is 26.4. The number of hydrogen-bond donors (Lipinski definition) is 1. The van der Waals surface area contributed by atoms with Gasteiger partial charge in [0.05, 0.1) is 6.10 Å². The molecular formula is C30H50O5Si. The Bertz CT molecular complexity index is 845. The minimum atomic E-state index is -1.85. The Morgan fingerprint density at radius 2 is 1.78 bits per heavy atom. The van der Waals surface area contributed by atoms with Crippen LogP contribution in [0.3, 0.4) is 0 Å². The summed E-state index contributed by atoms with van der Waals surface area (Å²) in [6.45, 7) is 15.5. The highest BCUT2D eigenvalue weighted by molar-refractivity contribution is 6.74. The van der Waals surface area contributed by atoms with Crippen LogP contribution in [0.4, 0.5) is 0 Å². The van der Waals surface area contributed by atoms with Gasteiger partial charge < -0.3 is 14.3 Å². The topological polar surface area (TPSA) is 72.8 Å². The summed E-state index contributed by atoms with van der Waals surface area (Å²) in [6.07, 6.45) is 10.4. The summed E-state index contributed by atoms with van der Waals surface area (Å²) in [5, 5.41) is 11.0. The van der Waals surface area contributed by atoms with Crippen LogP contribution in [0.25, 0.3) is 0 Å². The van der Waals surface area contributed by atoms with E-state index >= 15 is 0 Å². The Kier molecular flexibility index (Phi) is 8.29. The lowest BCUT2D eigenvalue weighted by atomic mass is 9.71. The zero-order valence-electron chi connectivity index (χ0n) is 23.7. The number of carbonyl (C=O) groups excluding carboxylic acids is 2. The van der Waals surface area contributed by atoms with E-state index in [1.165, 1.54) is 0 Å². The summed E-state index contributed by atoms with van der Waals surface area (Å²) in [6, 6.07) is 0. The number of hydrogen-bond acceptors (Lipinski definition) is 5. The molecule has 0 amide bonds. The molecule has 204 valence electrons. The van der Waals surface area contributed by atoms with Crippen LogP contribution >= 0.6 is 0 Å². The molecule has 4 aliphatic rings. The van der Waals surface area contributed by atoms with E-state index in [-0.39, 0.29) is 52.7 Å². The molecule has 3 fully saturated rings. The highest BCUT2D eigenvalue weighted by Crippen LogP contribution is 2.57. The van der Waals surface area contributed by atoms with Crippen LogP contribution in [0.1, 0.15) is 86.0 Å². The predicted octanol–water partition coefficient (Wildman–Crippen LogP) is 6.30. The number of ether oxygens (including phenoxy) is 1. The van der Waals surface area contributed by atoms with Crippen LogP contribution in [-0.4, -0.2) is 43.5 Å². The monoisotopic (exact) mass is 518 g/mol. The van der Waals surface area contributed by atoms with E-state index in [0.29, 0.717) is 30.6 Å². The summed E-state index contributed by atoms with van der Waals surface area (Å²) in [4.78, 5) is 26.8. The molecule has 0 unspecified atom stereocenters. The average Bonchev–Trinajstić information content (AvgIpc) is 3.36. The van der Waals surface area contributed by atoms with E-state index < -0.39 is 14.4 Å². The van der Waals surface area contributed by atoms with E-state index in [1.54, 1.807) is 0 Å². The molecule has 5 nitrogen and oxygen atoms in total. The normalized spacial score (nSPS) is 42.1. The van der Waals surface area contributed by atoms with Crippen molar-refractivity contribution in [1.29, 1.82) is 0 Å². The Balaban J connectivity index is 1.55. The Labute approximate surface area is 219 Å². The van der Waals surface area contributed by atoms with Gasteiger partial charge in [-0.05, 0) is 92.7 Å². The van der Waals surface area contributed by atoms with Crippen molar-refractivity contribution in [1.82, 2.24) is 0 Å². The van der Waals surface area contributed by atoms with Gasteiger partial charge in [-0.2, -0.15) is 0 Å². The van der Waals surface area contributed by atoms with Crippen molar-refractivity contribution >= 4 is 20.1 Å². The van der Waals surface area contributed by atoms with Crippen molar-refractivity contribution < 1.29 is 23.9 Å². The van der Waals surface area contributed by atoms with Gasteiger partial charge in [0.2, 0.25) is 0 Å². The number of ketones is 1. The summed E-state index contributed by atoms with van der Waals surface area (Å²) in [7, 11) is -1.85. The summed E-state index contributed by atoms with van der Waals surface area (Å²) in [5.74, 6) is 1.04. The predicted molar refractivity (Wildman–Crippen MR) is 145 cm³/mol. The molecule has 1 saturated heterocycles. The van der Waals surface area contributed by atoms with Crippen LogP contribution in [-0.2, 0) is 18.8 Å². The third-order valence-corrected chi connectivity index (χ3v) is 15.2. The number of rotatable bonds is 3. The maximum Gasteiger partial charge on any atom is 0.306 e. The lowest BCUT2D eigenvalue weighted by Crippen LogP contribution is -2.43. The third kappa shape index (κ3) is 5.56. The van der Waals surface area contributed by atoms with Crippen LogP contribution in [0.2, 0.25) is 18.1 Å². The smallest absolute Gasteiger partial charge is 0.306 e. The number of cyclic esters (lactones) is 1. The van der Waals surface area contributed by atoms with Gasteiger partial charge in [-0.3, -0.25) is 9.59 Å². The van der Waals surface area contributed by atoms with Crippen molar-refractivity contribution in [2.24, 2.45) is 41.4 Å². The zero-order valence-corrected chi connectivity index (χ0v) is 24.7. The summed E-state index contributed by atoms with van der Waals surface area (Å²) in [5.41, 5.74) is 0. The quantitative estimate of drug-likeness (QED) is 0.269. The van der Waals surface area contributed by atoms with E-state index in [0.717, 1.165) is 38.5 Å². The molecule has 1 aliphatic heterocycles. The SMILES string of the molecule is CC[C@@H]1CCC[C@H](O)[C@H](C)C(=O)[C@@H]2C[C@@H]3[C@@H](C=C[C@@H]4C[C@@H](O[Si](C)(C)C(C)(C)C)C[C@@H]34)[C@@H]2CC(=O)O1. The third-order valence-electron chi connectivity index (χ3n) is 10.6. The van der Waals surface area contributed by atoms with Gasteiger partial charge in [-0.25, -0.2) is 0 Å². The molecule has 0 aromatic rings. The van der Waals surface area contributed by atoms with E-state index in [4.69, 9.17) is 9.16 Å². The fourth-order valence-electron chi connectivity index (χ4n) is 7.39. The molecule has 0 radical (unpaired) electrons. The first-order valence-electron chi connectivity index (χ1n) is 14.6. The van der Waals surface area contributed by atoms with Crippen molar-refractivity contribution in [3.05, 3.63) is 12.2 Å². The first-order chi connectivity index (χ1) is 16.8. The number of aliphatic hydroxyl groups is 1. The number of aliphatic hydroxyl groups excluding tert-OH is 1. The molecule has 6 heteroatoms. The molecule has 1 N–H and O–H groups in total. The second kappa shape index (κ2) is 10.6. The minimum absolute atomic E-state index is 0.0286. The van der Waals surface area contributed by atoms with Gasteiger partial charge in [0.25, 0.3) is 0 Å². The van der Waals surface area contributed by atoms with Gasteiger partial charge in [-0.1, -0.05) is 46.8 Å². The summed E-state index contributed by atoms with van der Waals surface area (Å²) >= 11 is 0. The van der Waals surface area contributed by atoms with Crippen molar-refractivity contribution in [2.45, 2.75) is 122 Å². The van der Waals surface area contributed by atoms with Crippen molar-refractivity contribution in [2.75, 3.05) is 0 Å². The second-order valence-corrected chi connectivity index (χ2v) is 18.6. The molecule has 0 spiro atoms. The molecule has 36 heavy (non-hydrogen) atoms. The maximum absolute atomic E-state index is 13.7. The highest BCUT2D eigenvalue weighted by atomic mass is 28.4. The average molecular weight is 519 g/mol. The minimum Gasteiger partial charge on any atom is -0.462 e.